The summed E-state index contributed by atoms with van der Waals surface area (Å²) in [5.41, 5.74) is 1.92. The summed E-state index contributed by atoms with van der Waals surface area (Å²) in [6.45, 7) is 6.95. The highest BCUT2D eigenvalue weighted by molar-refractivity contribution is 7.16. The van der Waals surface area contributed by atoms with Gasteiger partial charge in [-0.15, -0.1) is 6.58 Å². The zero-order valence-electron chi connectivity index (χ0n) is 15.5. The van der Waals surface area contributed by atoms with Crippen LogP contribution in [0.15, 0.2) is 60.1 Å². The molecule has 1 aromatic heterocycles. The summed E-state index contributed by atoms with van der Waals surface area (Å²) in [6.07, 6.45) is 2.05. The van der Waals surface area contributed by atoms with Crippen LogP contribution in [-0.4, -0.2) is 24.2 Å². The van der Waals surface area contributed by atoms with Crippen LogP contribution in [0.2, 0.25) is 0 Å². The van der Waals surface area contributed by atoms with Crippen LogP contribution in [0.3, 0.4) is 0 Å². The van der Waals surface area contributed by atoms with Gasteiger partial charge in [-0.25, -0.2) is 0 Å². The number of carbonyl (C=O) groups excluding carboxylic acids is 1. The second-order valence-corrected chi connectivity index (χ2v) is 6.89. The van der Waals surface area contributed by atoms with Gasteiger partial charge in [0.15, 0.2) is 4.80 Å². The lowest BCUT2D eigenvalue weighted by Crippen LogP contribution is -2.16. The van der Waals surface area contributed by atoms with Crippen LogP contribution in [0.1, 0.15) is 12.5 Å². The molecule has 6 heteroatoms. The first-order valence-electron chi connectivity index (χ1n) is 8.72. The Balaban J connectivity index is 1.90. The maximum absolute atomic E-state index is 12.5. The van der Waals surface area contributed by atoms with Gasteiger partial charge in [0.05, 0.1) is 30.4 Å². The molecule has 0 spiro atoms. The minimum Gasteiger partial charge on any atom is -0.497 e. The van der Waals surface area contributed by atoms with Crippen molar-refractivity contribution in [3.05, 3.63) is 65.5 Å². The van der Waals surface area contributed by atoms with Crippen molar-refractivity contribution in [2.75, 3.05) is 13.7 Å². The van der Waals surface area contributed by atoms with E-state index in [2.05, 4.69) is 11.6 Å². The van der Waals surface area contributed by atoms with Gasteiger partial charge < -0.3 is 14.0 Å². The molecule has 140 valence electrons. The Morgan fingerprint density at radius 1 is 1.22 bits per heavy atom. The van der Waals surface area contributed by atoms with Crippen molar-refractivity contribution >= 4 is 27.5 Å². The summed E-state index contributed by atoms with van der Waals surface area (Å²) in [4.78, 5) is 17.5. The molecule has 0 N–H and O–H groups in total. The second kappa shape index (κ2) is 8.68. The number of methoxy groups -OCH3 is 1. The van der Waals surface area contributed by atoms with Crippen molar-refractivity contribution < 1.29 is 14.3 Å². The molecule has 0 aliphatic heterocycles. The number of ether oxygens (including phenoxy) is 2. The highest BCUT2D eigenvalue weighted by Crippen LogP contribution is 2.23. The molecule has 3 aromatic rings. The molecule has 3 rings (SSSR count). The van der Waals surface area contributed by atoms with Crippen molar-refractivity contribution in [3.8, 4) is 11.5 Å². The highest BCUT2D eigenvalue weighted by atomic mass is 32.1. The summed E-state index contributed by atoms with van der Waals surface area (Å²) in [6, 6.07) is 13.4. The average Bonchev–Trinajstić information content (AvgIpc) is 3.00. The molecule has 0 saturated heterocycles. The number of carbonyl (C=O) groups is 1. The molecule has 2 aromatic carbocycles. The molecular formula is C21H22N2O3S. The van der Waals surface area contributed by atoms with Crippen LogP contribution < -0.4 is 14.3 Å². The summed E-state index contributed by atoms with van der Waals surface area (Å²) >= 11 is 1.47. The first-order chi connectivity index (χ1) is 13.1. The number of fused-ring (bicyclic) bond motifs is 1. The SMILES string of the molecule is C=CCn1c(=NC(=O)Cc2ccc(OCC)cc2)sc2cc(OC)ccc21. The molecule has 0 unspecified atom stereocenters. The quantitative estimate of drug-likeness (QED) is 0.581. The predicted molar refractivity (Wildman–Crippen MR) is 108 cm³/mol. The monoisotopic (exact) mass is 382 g/mol. The fourth-order valence-electron chi connectivity index (χ4n) is 2.76. The van der Waals surface area contributed by atoms with Crippen LogP contribution >= 0.6 is 11.3 Å². The van der Waals surface area contributed by atoms with Crippen molar-refractivity contribution in [2.45, 2.75) is 19.9 Å². The fraction of sp³-hybridized carbons (Fsp3) is 0.238. The lowest BCUT2D eigenvalue weighted by Gasteiger charge is -2.04. The van der Waals surface area contributed by atoms with E-state index >= 15 is 0 Å². The minimum atomic E-state index is -0.185. The Kier molecular flexibility index (Phi) is 6.08. The van der Waals surface area contributed by atoms with E-state index in [1.54, 1.807) is 13.2 Å². The number of nitrogens with zero attached hydrogens (tertiary/aromatic N) is 2. The van der Waals surface area contributed by atoms with Crippen LogP contribution in [-0.2, 0) is 17.8 Å². The molecule has 0 fully saturated rings. The van der Waals surface area contributed by atoms with Crippen LogP contribution in [0.5, 0.6) is 11.5 Å². The van der Waals surface area contributed by atoms with Gasteiger partial charge in [-0.05, 0) is 42.8 Å². The molecule has 27 heavy (non-hydrogen) atoms. The highest BCUT2D eigenvalue weighted by Gasteiger charge is 2.09. The third kappa shape index (κ3) is 4.46. The van der Waals surface area contributed by atoms with E-state index in [0.29, 0.717) is 18.0 Å². The van der Waals surface area contributed by atoms with Gasteiger partial charge in [-0.1, -0.05) is 29.5 Å². The molecule has 0 saturated carbocycles. The molecule has 0 radical (unpaired) electrons. The topological polar surface area (TPSA) is 52.8 Å². The van der Waals surface area contributed by atoms with Gasteiger partial charge in [0.2, 0.25) is 0 Å². The summed E-state index contributed by atoms with van der Waals surface area (Å²) in [7, 11) is 1.64. The fourth-order valence-corrected chi connectivity index (χ4v) is 3.85. The second-order valence-electron chi connectivity index (χ2n) is 5.88. The smallest absolute Gasteiger partial charge is 0.252 e. The number of amides is 1. The Labute approximate surface area is 162 Å². The average molecular weight is 382 g/mol. The zero-order valence-corrected chi connectivity index (χ0v) is 16.3. The number of hydrogen-bond donors (Lipinski definition) is 0. The van der Waals surface area contributed by atoms with Gasteiger partial charge in [0.25, 0.3) is 5.91 Å². The van der Waals surface area contributed by atoms with Gasteiger partial charge >= 0.3 is 0 Å². The maximum Gasteiger partial charge on any atom is 0.252 e. The van der Waals surface area contributed by atoms with E-state index in [9.17, 15) is 4.79 Å². The van der Waals surface area contributed by atoms with E-state index in [1.807, 2.05) is 54.0 Å². The van der Waals surface area contributed by atoms with Gasteiger partial charge in [0, 0.05) is 6.54 Å². The summed E-state index contributed by atoms with van der Waals surface area (Å²) in [5, 5.41) is 0. The zero-order chi connectivity index (χ0) is 19.2. The lowest BCUT2D eigenvalue weighted by atomic mass is 10.1. The lowest BCUT2D eigenvalue weighted by molar-refractivity contribution is -0.117. The van der Waals surface area contributed by atoms with Crippen LogP contribution in [0.25, 0.3) is 10.2 Å². The number of hydrogen-bond acceptors (Lipinski definition) is 4. The Bertz CT molecular complexity index is 1020. The standard InChI is InChI=1S/C21H22N2O3S/c1-4-12-23-18-11-10-17(25-3)14-19(18)27-21(23)22-20(24)13-15-6-8-16(9-7-15)26-5-2/h4,6-11,14H,1,5,12-13H2,2-3H3. The van der Waals surface area contributed by atoms with Gasteiger partial charge in [-0.2, -0.15) is 4.99 Å². The molecule has 5 nitrogen and oxygen atoms in total. The normalized spacial score (nSPS) is 11.6. The van der Waals surface area contributed by atoms with E-state index in [4.69, 9.17) is 9.47 Å². The molecule has 0 bridgehead atoms. The van der Waals surface area contributed by atoms with Crippen molar-refractivity contribution in [1.82, 2.24) is 4.57 Å². The molecule has 1 amide bonds. The molecule has 0 aliphatic carbocycles. The number of benzene rings is 2. The van der Waals surface area contributed by atoms with Crippen LogP contribution in [0.4, 0.5) is 0 Å². The summed E-state index contributed by atoms with van der Waals surface area (Å²) in [5.74, 6) is 1.39. The molecule has 0 aliphatic rings. The third-order valence-electron chi connectivity index (χ3n) is 4.01. The first kappa shape index (κ1) is 18.9. The van der Waals surface area contributed by atoms with E-state index in [0.717, 1.165) is 27.3 Å². The van der Waals surface area contributed by atoms with Gasteiger partial charge in [0.1, 0.15) is 11.5 Å². The van der Waals surface area contributed by atoms with Crippen LogP contribution in [0, 0.1) is 0 Å². The van der Waals surface area contributed by atoms with Gasteiger partial charge in [-0.3, -0.25) is 4.79 Å². The number of rotatable bonds is 7. The van der Waals surface area contributed by atoms with Crippen molar-refractivity contribution in [2.24, 2.45) is 4.99 Å². The van der Waals surface area contributed by atoms with Crippen molar-refractivity contribution in [1.29, 1.82) is 0 Å². The number of aromatic nitrogens is 1. The van der Waals surface area contributed by atoms with E-state index in [-0.39, 0.29) is 12.3 Å². The number of thiazole rings is 1. The molecule has 1 heterocycles. The Hall–Kier alpha value is -2.86. The van der Waals surface area contributed by atoms with Crippen molar-refractivity contribution in [3.63, 3.8) is 0 Å². The molecule has 0 atom stereocenters. The minimum absolute atomic E-state index is 0.185. The van der Waals surface area contributed by atoms with E-state index in [1.165, 1.54) is 11.3 Å². The Morgan fingerprint density at radius 3 is 2.63 bits per heavy atom. The largest absolute Gasteiger partial charge is 0.497 e. The first-order valence-corrected chi connectivity index (χ1v) is 9.53. The maximum atomic E-state index is 12.5. The van der Waals surface area contributed by atoms with E-state index < -0.39 is 0 Å². The third-order valence-corrected chi connectivity index (χ3v) is 5.05. The summed E-state index contributed by atoms with van der Waals surface area (Å²) < 4.78 is 13.7. The Morgan fingerprint density at radius 2 is 1.96 bits per heavy atom. The number of allylic oxidation sites excluding steroid dienone is 1. The predicted octanol–water partition coefficient (Wildman–Crippen LogP) is 3.97. The molecular weight excluding hydrogens is 360 g/mol.